The van der Waals surface area contributed by atoms with E-state index in [-0.39, 0.29) is 20.9 Å². The van der Waals surface area contributed by atoms with Gasteiger partial charge in [-0.25, -0.2) is 0 Å². The van der Waals surface area contributed by atoms with E-state index >= 15 is 0 Å². The summed E-state index contributed by atoms with van der Waals surface area (Å²) in [4.78, 5) is 10.2. The van der Waals surface area contributed by atoms with Crippen molar-refractivity contribution >= 4 is 26.9 Å². The van der Waals surface area contributed by atoms with E-state index in [4.69, 9.17) is 5.11 Å². The number of carboxylic acids is 1. The van der Waals surface area contributed by atoms with Crippen LogP contribution in [0.5, 0.6) is 0 Å². The molecule has 0 bridgehead atoms. The van der Waals surface area contributed by atoms with Gasteiger partial charge in [-0.2, -0.15) is 0 Å². The molecule has 0 rings (SSSR count). The topological polar surface area (TPSA) is 37.3 Å². The molecule has 0 fully saturated rings. The molecule has 0 heterocycles. The van der Waals surface area contributed by atoms with Crippen LogP contribution in [0.3, 0.4) is 0 Å². The summed E-state index contributed by atoms with van der Waals surface area (Å²) >= 11 is 0.0928. The zero-order valence-electron chi connectivity index (χ0n) is 7.88. The summed E-state index contributed by atoms with van der Waals surface area (Å²) in [7, 11) is 0. The van der Waals surface area contributed by atoms with E-state index in [1.54, 1.807) is 0 Å². The van der Waals surface area contributed by atoms with Crippen molar-refractivity contribution in [3.8, 4) is 0 Å². The van der Waals surface area contributed by atoms with Crippen molar-refractivity contribution in [1.82, 2.24) is 0 Å². The van der Waals surface area contributed by atoms with Crippen molar-refractivity contribution < 1.29 is 9.90 Å². The molecule has 3 heteroatoms. The molecule has 0 aliphatic rings. The second-order valence-electron chi connectivity index (χ2n) is 2.97. The number of unbranched alkanes of at least 4 members (excludes halogenated alkanes) is 1. The van der Waals surface area contributed by atoms with Crippen LogP contribution in [0.4, 0.5) is 0 Å². The van der Waals surface area contributed by atoms with Gasteiger partial charge in [-0.1, -0.05) is 0 Å². The standard InChI is InChI=1S/C9H18O2Te/c1-3-4-7-12-8(2)5-6-9(10)11/h8H,3-7H2,1-2H3,(H,10,11). The molecule has 0 spiro atoms. The van der Waals surface area contributed by atoms with Gasteiger partial charge in [-0.3, -0.25) is 0 Å². The fraction of sp³-hybridized carbons (Fsp3) is 0.889. The van der Waals surface area contributed by atoms with E-state index in [1.165, 1.54) is 17.3 Å². The third-order valence-corrected chi connectivity index (χ3v) is 5.46. The summed E-state index contributed by atoms with van der Waals surface area (Å²) in [5.74, 6) is -0.648. The third kappa shape index (κ3) is 8.36. The minimum atomic E-state index is -0.648. The molecule has 1 unspecified atom stereocenters. The number of hydrogen-bond acceptors (Lipinski definition) is 1. The fourth-order valence-corrected chi connectivity index (χ4v) is 4.10. The quantitative estimate of drug-likeness (QED) is 0.577. The molecule has 1 atom stereocenters. The number of aliphatic carboxylic acids is 1. The SMILES string of the molecule is CCCC[Te]C(C)CCC(=O)O. The van der Waals surface area contributed by atoms with Gasteiger partial charge in [-0.15, -0.1) is 0 Å². The van der Waals surface area contributed by atoms with E-state index in [2.05, 4.69) is 13.8 Å². The van der Waals surface area contributed by atoms with Gasteiger partial charge in [-0.05, 0) is 0 Å². The molecule has 0 aliphatic carbocycles. The summed E-state index contributed by atoms with van der Waals surface area (Å²) in [6.45, 7) is 4.40. The fourth-order valence-electron chi connectivity index (χ4n) is 0.839. The van der Waals surface area contributed by atoms with Gasteiger partial charge >= 0.3 is 84.8 Å². The van der Waals surface area contributed by atoms with Gasteiger partial charge in [0.2, 0.25) is 0 Å². The first kappa shape index (κ1) is 12.3. The van der Waals surface area contributed by atoms with Crippen LogP contribution < -0.4 is 0 Å². The predicted octanol–water partition coefficient (Wildman–Crippen LogP) is 2.58. The first-order valence-electron chi connectivity index (χ1n) is 4.50. The van der Waals surface area contributed by atoms with Gasteiger partial charge in [0.05, 0.1) is 0 Å². The molecule has 0 aliphatic heterocycles. The van der Waals surface area contributed by atoms with E-state index in [1.807, 2.05) is 0 Å². The molecule has 0 amide bonds. The van der Waals surface area contributed by atoms with Crippen molar-refractivity contribution in [2.75, 3.05) is 0 Å². The molecule has 0 aromatic rings. The first-order chi connectivity index (χ1) is 5.66. The zero-order chi connectivity index (χ0) is 9.40. The number of hydrogen-bond donors (Lipinski definition) is 1. The molecule has 12 heavy (non-hydrogen) atoms. The Morgan fingerprint density at radius 1 is 1.58 bits per heavy atom. The van der Waals surface area contributed by atoms with E-state index in [0.29, 0.717) is 10.4 Å². The molecule has 1 N–H and O–H groups in total. The zero-order valence-corrected chi connectivity index (χ0v) is 10.2. The van der Waals surface area contributed by atoms with Crippen LogP contribution in [0.1, 0.15) is 39.5 Å². The van der Waals surface area contributed by atoms with Crippen LogP contribution in [0, 0.1) is 0 Å². The third-order valence-electron chi connectivity index (χ3n) is 1.66. The van der Waals surface area contributed by atoms with Crippen molar-refractivity contribution in [2.45, 2.75) is 48.0 Å². The Labute approximate surface area is 84.8 Å². The van der Waals surface area contributed by atoms with Crippen LogP contribution in [0.2, 0.25) is 8.43 Å². The summed E-state index contributed by atoms with van der Waals surface area (Å²) in [6, 6.07) is 0. The van der Waals surface area contributed by atoms with Crippen molar-refractivity contribution in [3.63, 3.8) is 0 Å². The van der Waals surface area contributed by atoms with Crippen molar-refractivity contribution in [2.24, 2.45) is 0 Å². The maximum atomic E-state index is 10.2. The predicted molar refractivity (Wildman–Crippen MR) is 51.8 cm³/mol. The summed E-state index contributed by atoms with van der Waals surface area (Å²) < 4.78 is 2.08. The average Bonchev–Trinajstić information content (AvgIpc) is 2.01. The van der Waals surface area contributed by atoms with Crippen molar-refractivity contribution in [1.29, 1.82) is 0 Å². The minimum absolute atomic E-state index is 0.0928. The van der Waals surface area contributed by atoms with Gasteiger partial charge in [0.15, 0.2) is 0 Å². The van der Waals surface area contributed by atoms with Crippen LogP contribution in [0.25, 0.3) is 0 Å². The molecular weight excluding hydrogens is 268 g/mol. The van der Waals surface area contributed by atoms with E-state index < -0.39 is 5.97 Å². The van der Waals surface area contributed by atoms with Crippen molar-refractivity contribution in [3.05, 3.63) is 0 Å². The summed E-state index contributed by atoms with van der Waals surface area (Å²) in [5.41, 5.74) is 0. The molecule has 0 saturated heterocycles. The summed E-state index contributed by atoms with van der Waals surface area (Å²) in [5, 5.41) is 8.45. The van der Waals surface area contributed by atoms with Crippen LogP contribution in [-0.4, -0.2) is 32.0 Å². The van der Waals surface area contributed by atoms with Crippen LogP contribution in [-0.2, 0) is 4.79 Å². The molecule has 0 radical (unpaired) electrons. The number of rotatable bonds is 7. The Morgan fingerprint density at radius 2 is 2.25 bits per heavy atom. The number of carbonyl (C=O) groups is 1. The maximum absolute atomic E-state index is 10.2. The number of carboxylic acid groups (broad SMARTS) is 1. The van der Waals surface area contributed by atoms with Gasteiger partial charge < -0.3 is 0 Å². The molecule has 0 aromatic carbocycles. The Kier molecular flexibility index (Phi) is 8.06. The molecule has 0 saturated carbocycles. The van der Waals surface area contributed by atoms with Crippen LogP contribution in [0.15, 0.2) is 0 Å². The monoisotopic (exact) mass is 288 g/mol. The van der Waals surface area contributed by atoms with Gasteiger partial charge in [0.25, 0.3) is 0 Å². The van der Waals surface area contributed by atoms with E-state index in [9.17, 15) is 4.79 Å². The van der Waals surface area contributed by atoms with E-state index in [0.717, 1.165) is 6.42 Å². The Morgan fingerprint density at radius 3 is 2.75 bits per heavy atom. The Hall–Kier alpha value is 0.260. The first-order valence-corrected chi connectivity index (χ1v) is 7.49. The van der Waals surface area contributed by atoms with Gasteiger partial charge in [0.1, 0.15) is 0 Å². The molecule has 2 nitrogen and oxygen atoms in total. The van der Waals surface area contributed by atoms with Crippen LogP contribution >= 0.6 is 0 Å². The second-order valence-corrected chi connectivity index (χ2v) is 7.38. The molecule has 72 valence electrons. The Balaban J connectivity index is 3.21. The Bertz CT molecular complexity index is 126. The summed E-state index contributed by atoms with van der Waals surface area (Å²) in [6.07, 6.45) is 3.86. The second kappa shape index (κ2) is 7.89. The normalized spacial score (nSPS) is 12.8. The average molecular weight is 286 g/mol. The molecule has 0 aromatic heterocycles. The van der Waals surface area contributed by atoms with Gasteiger partial charge in [0, 0.05) is 0 Å². The molecular formula is C9H18O2Te.